The number of rotatable bonds is 4. The number of hydrogen-bond acceptors (Lipinski definition) is 2. The van der Waals surface area contributed by atoms with Crippen molar-refractivity contribution in [3.8, 4) is 0 Å². The molecular formula is C14H18N2O. The summed E-state index contributed by atoms with van der Waals surface area (Å²) in [6, 6.07) is 6.33. The number of aryl methyl sites for hydroxylation is 1. The number of nitrogens with zero attached hydrogens (tertiary/aromatic N) is 1. The highest BCUT2D eigenvalue weighted by Crippen LogP contribution is 2.23. The Bertz CT molecular complexity index is 477. The normalized spacial score (nSPS) is 12.6. The van der Waals surface area contributed by atoms with Gasteiger partial charge in [-0.1, -0.05) is 18.2 Å². The Morgan fingerprint density at radius 1 is 1.35 bits per heavy atom. The number of benzene rings is 1. The third-order valence-corrected chi connectivity index (χ3v) is 3.13. The van der Waals surface area contributed by atoms with Crippen LogP contribution in [0.2, 0.25) is 0 Å². The highest BCUT2D eigenvalue weighted by Gasteiger charge is 2.10. The minimum absolute atomic E-state index is 0.0956. The number of imidazole rings is 1. The first-order valence-corrected chi connectivity index (χ1v) is 5.83. The molecule has 1 unspecified atom stereocenters. The van der Waals surface area contributed by atoms with Crippen LogP contribution in [0.3, 0.4) is 0 Å². The molecule has 1 N–H and O–H groups in total. The number of H-pyrrole nitrogens is 1. The van der Waals surface area contributed by atoms with E-state index in [1.165, 1.54) is 16.7 Å². The summed E-state index contributed by atoms with van der Waals surface area (Å²) in [5.74, 6) is 0. The first kappa shape index (κ1) is 11.9. The highest BCUT2D eigenvalue weighted by atomic mass is 16.5. The van der Waals surface area contributed by atoms with Crippen LogP contribution in [0, 0.1) is 13.8 Å². The molecule has 0 amide bonds. The smallest absolute Gasteiger partial charge is 0.0922 e. The zero-order chi connectivity index (χ0) is 12.3. The standard InChI is InChI=1S/C14H18N2O/c1-10-5-4-6-14(11(10)2)12(3)17-8-13-7-15-9-16-13/h4-7,9,12H,8H2,1-3H3,(H,15,16). The largest absolute Gasteiger partial charge is 0.368 e. The van der Waals surface area contributed by atoms with Gasteiger partial charge in [-0.05, 0) is 37.5 Å². The minimum atomic E-state index is 0.0956. The van der Waals surface area contributed by atoms with Crippen molar-refractivity contribution in [1.29, 1.82) is 0 Å². The van der Waals surface area contributed by atoms with Crippen molar-refractivity contribution in [2.45, 2.75) is 33.5 Å². The van der Waals surface area contributed by atoms with E-state index in [1.54, 1.807) is 12.5 Å². The number of nitrogens with one attached hydrogen (secondary N) is 1. The molecule has 0 aliphatic carbocycles. The molecule has 0 spiro atoms. The molecule has 0 aliphatic heterocycles. The molecule has 17 heavy (non-hydrogen) atoms. The van der Waals surface area contributed by atoms with Crippen LogP contribution in [0.15, 0.2) is 30.7 Å². The van der Waals surface area contributed by atoms with E-state index in [0.29, 0.717) is 6.61 Å². The van der Waals surface area contributed by atoms with E-state index >= 15 is 0 Å². The predicted molar refractivity (Wildman–Crippen MR) is 67.7 cm³/mol. The maximum atomic E-state index is 5.84. The summed E-state index contributed by atoms with van der Waals surface area (Å²) < 4.78 is 5.84. The Kier molecular flexibility index (Phi) is 3.59. The van der Waals surface area contributed by atoms with Crippen LogP contribution in [-0.4, -0.2) is 9.97 Å². The van der Waals surface area contributed by atoms with Crippen LogP contribution in [0.5, 0.6) is 0 Å². The van der Waals surface area contributed by atoms with Crippen molar-refractivity contribution in [2.24, 2.45) is 0 Å². The van der Waals surface area contributed by atoms with Gasteiger partial charge in [0.25, 0.3) is 0 Å². The molecule has 2 aromatic rings. The van der Waals surface area contributed by atoms with Crippen molar-refractivity contribution < 1.29 is 4.74 Å². The molecule has 1 aromatic carbocycles. The summed E-state index contributed by atoms with van der Waals surface area (Å²) in [7, 11) is 0. The summed E-state index contributed by atoms with van der Waals surface area (Å²) in [6.07, 6.45) is 3.55. The summed E-state index contributed by atoms with van der Waals surface area (Å²) in [5, 5.41) is 0. The van der Waals surface area contributed by atoms with Gasteiger partial charge in [-0.25, -0.2) is 4.98 Å². The van der Waals surface area contributed by atoms with Crippen molar-refractivity contribution in [1.82, 2.24) is 9.97 Å². The zero-order valence-corrected chi connectivity index (χ0v) is 10.5. The topological polar surface area (TPSA) is 37.9 Å². The molecule has 1 heterocycles. The van der Waals surface area contributed by atoms with Crippen LogP contribution in [0.25, 0.3) is 0 Å². The Morgan fingerprint density at radius 3 is 2.88 bits per heavy atom. The molecular weight excluding hydrogens is 212 g/mol. The Morgan fingerprint density at radius 2 is 2.18 bits per heavy atom. The van der Waals surface area contributed by atoms with Gasteiger partial charge in [-0.3, -0.25) is 0 Å². The fourth-order valence-electron chi connectivity index (χ4n) is 1.88. The minimum Gasteiger partial charge on any atom is -0.368 e. The predicted octanol–water partition coefficient (Wildman–Crippen LogP) is 3.30. The maximum absolute atomic E-state index is 5.84. The van der Waals surface area contributed by atoms with E-state index in [4.69, 9.17) is 4.74 Å². The second-order valence-corrected chi connectivity index (χ2v) is 4.32. The van der Waals surface area contributed by atoms with E-state index in [-0.39, 0.29) is 6.10 Å². The molecule has 0 bridgehead atoms. The molecule has 0 saturated carbocycles. The molecule has 1 aromatic heterocycles. The van der Waals surface area contributed by atoms with Gasteiger partial charge < -0.3 is 9.72 Å². The molecule has 3 heteroatoms. The second-order valence-electron chi connectivity index (χ2n) is 4.32. The number of ether oxygens (including phenoxy) is 1. The third-order valence-electron chi connectivity index (χ3n) is 3.13. The Balaban J connectivity index is 2.04. The van der Waals surface area contributed by atoms with E-state index in [1.807, 2.05) is 0 Å². The van der Waals surface area contributed by atoms with E-state index in [9.17, 15) is 0 Å². The van der Waals surface area contributed by atoms with Crippen LogP contribution in [0.4, 0.5) is 0 Å². The van der Waals surface area contributed by atoms with Gasteiger partial charge in [0.1, 0.15) is 0 Å². The van der Waals surface area contributed by atoms with Crippen molar-refractivity contribution in [3.63, 3.8) is 0 Å². The third kappa shape index (κ3) is 2.74. The fraction of sp³-hybridized carbons (Fsp3) is 0.357. The van der Waals surface area contributed by atoms with Crippen molar-refractivity contribution in [2.75, 3.05) is 0 Å². The van der Waals surface area contributed by atoms with Crippen molar-refractivity contribution >= 4 is 0 Å². The van der Waals surface area contributed by atoms with Crippen LogP contribution in [-0.2, 0) is 11.3 Å². The van der Waals surface area contributed by atoms with E-state index < -0.39 is 0 Å². The van der Waals surface area contributed by atoms with Gasteiger partial charge >= 0.3 is 0 Å². The lowest BCUT2D eigenvalue weighted by Crippen LogP contribution is -2.03. The first-order valence-electron chi connectivity index (χ1n) is 5.83. The number of aromatic amines is 1. The average molecular weight is 230 g/mol. The summed E-state index contributed by atoms with van der Waals surface area (Å²) in [5.41, 5.74) is 4.87. The molecule has 0 fully saturated rings. The van der Waals surface area contributed by atoms with Gasteiger partial charge in [0, 0.05) is 0 Å². The molecule has 90 valence electrons. The lowest BCUT2D eigenvalue weighted by atomic mass is 10.00. The SMILES string of the molecule is Cc1cccc(C(C)OCc2cnc[nH]2)c1C. The summed E-state index contributed by atoms with van der Waals surface area (Å²) in [6.45, 7) is 6.91. The lowest BCUT2D eigenvalue weighted by Gasteiger charge is -2.16. The van der Waals surface area contributed by atoms with Crippen LogP contribution >= 0.6 is 0 Å². The van der Waals surface area contributed by atoms with Crippen LogP contribution in [0.1, 0.15) is 35.4 Å². The maximum Gasteiger partial charge on any atom is 0.0922 e. The number of hydrogen-bond donors (Lipinski definition) is 1. The summed E-state index contributed by atoms with van der Waals surface area (Å²) >= 11 is 0. The van der Waals surface area contributed by atoms with E-state index in [2.05, 4.69) is 48.9 Å². The molecule has 0 radical (unpaired) electrons. The summed E-state index contributed by atoms with van der Waals surface area (Å²) in [4.78, 5) is 7.00. The highest BCUT2D eigenvalue weighted by molar-refractivity contribution is 5.34. The second kappa shape index (κ2) is 5.15. The van der Waals surface area contributed by atoms with Gasteiger partial charge in [0.05, 0.1) is 30.9 Å². The molecule has 0 aliphatic rings. The molecule has 2 rings (SSSR count). The Labute approximate surface area is 102 Å². The van der Waals surface area contributed by atoms with E-state index in [0.717, 1.165) is 5.69 Å². The molecule has 1 atom stereocenters. The lowest BCUT2D eigenvalue weighted by molar-refractivity contribution is 0.0503. The fourth-order valence-corrected chi connectivity index (χ4v) is 1.88. The van der Waals surface area contributed by atoms with Gasteiger partial charge in [-0.15, -0.1) is 0 Å². The van der Waals surface area contributed by atoms with Gasteiger partial charge in [0.15, 0.2) is 0 Å². The quantitative estimate of drug-likeness (QED) is 0.875. The van der Waals surface area contributed by atoms with Crippen molar-refractivity contribution in [3.05, 3.63) is 53.1 Å². The first-order chi connectivity index (χ1) is 8.18. The average Bonchev–Trinajstić information content (AvgIpc) is 2.82. The zero-order valence-electron chi connectivity index (χ0n) is 10.5. The van der Waals surface area contributed by atoms with Gasteiger partial charge in [0.2, 0.25) is 0 Å². The Hall–Kier alpha value is -1.61. The monoisotopic (exact) mass is 230 g/mol. The van der Waals surface area contributed by atoms with Crippen LogP contribution < -0.4 is 0 Å². The molecule has 0 saturated heterocycles. The van der Waals surface area contributed by atoms with Gasteiger partial charge in [-0.2, -0.15) is 0 Å². The number of aromatic nitrogens is 2. The molecule has 3 nitrogen and oxygen atoms in total.